The van der Waals surface area contributed by atoms with E-state index in [1.807, 2.05) is 6.92 Å². The topological polar surface area (TPSA) is 117 Å². The summed E-state index contributed by atoms with van der Waals surface area (Å²) in [6.45, 7) is 3.94. The molecule has 1 atom stereocenters. The van der Waals surface area contributed by atoms with E-state index in [0.717, 1.165) is 12.8 Å². The van der Waals surface area contributed by atoms with E-state index >= 15 is 0 Å². The van der Waals surface area contributed by atoms with Gasteiger partial charge in [-0.25, -0.2) is 4.79 Å². The van der Waals surface area contributed by atoms with Crippen LogP contribution in [-0.2, 0) is 9.53 Å². The van der Waals surface area contributed by atoms with Gasteiger partial charge in [-0.05, 0) is 43.7 Å². The van der Waals surface area contributed by atoms with Crippen LogP contribution in [0.2, 0.25) is 0 Å². The molecule has 1 amide bonds. The molecule has 0 fully saturated rings. The Labute approximate surface area is 174 Å². The molecule has 0 aliphatic carbocycles. The maximum Gasteiger partial charge on any atom is 0.338 e. The number of esters is 1. The second-order valence-electron chi connectivity index (χ2n) is 6.40. The Balaban J connectivity index is 1.97. The van der Waals surface area contributed by atoms with Crippen molar-refractivity contribution in [2.75, 3.05) is 19.0 Å². The zero-order valence-electron chi connectivity index (χ0n) is 17.0. The van der Waals surface area contributed by atoms with Crippen molar-refractivity contribution < 1.29 is 28.7 Å². The van der Waals surface area contributed by atoms with E-state index in [9.17, 15) is 19.7 Å². The van der Waals surface area contributed by atoms with Gasteiger partial charge >= 0.3 is 5.97 Å². The van der Waals surface area contributed by atoms with Gasteiger partial charge in [0.25, 0.3) is 11.6 Å². The number of unbranched alkanes of at least 4 members (excludes halogenated alkanes) is 1. The van der Waals surface area contributed by atoms with Gasteiger partial charge < -0.3 is 19.5 Å². The van der Waals surface area contributed by atoms with E-state index in [2.05, 4.69) is 5.32 Å². The number of methoxy groups -OCH3 is 1. The molecule has 0 saturated heterocycles. The molecule has 0 saturated carbocycles. The lowest BCUT2D eigenvalue weighted by molar-refractivity contribution is -0.384. The van der Waals surface area contributed by atoms with Gasteiger partial charge in [0.05, 0.1) is 36.0 Å². The van der Waals surface area contributed by atoms with Gasteiger partial charge in [-0.2, -0.15) is 0 Å². The molecule has 1 N–H and O–H groups in total. The number of carbonyl (C=O) groups is 2. The molecule has 2 rings (SSSR count). The van der Waals surface area contributed by atoms with Crippen molar-refractivity contribution in [3.63, 3.8) is 0 Å². The number of nitro benzene ring substituents is 1. The van der Waals surface area contributed by atoms with Crippen LogP contribution in [0.5, 0.6) is 11.5 Å². The van der Waals surface area contributed by atoms with Crippen molar-refractivity contribution in [2.45, 2.75) is 32.8 Å². The van der Waals surface area contributed by atoms with Crippen molar-refractivity contribution in [2.24, 2.45) is 0 Å². The van der Waals surface area contributed by atoms with Crippen LogP contribution in [0, 0.1) is 10.1 Å². The molecule has 2 aromatic carbocycles. The van der Waals surface area contributed by atoms with E-state index < -0.39 is 22.9 Å². The zero-order valence-corrected chi connectivity index (χ0v) is 17.0. The summed E-state index contributed by atoms with van der Waals surface area (Å²) in [5.41, 5.74) is 0.530. The first-order valence-corrected chi connectivity index (χ1v) is 9.42. The Morgan fingerprint density at radius 3 is 2.47 bits per heavy atom. The molecule has 0 spiro atoms. The summed E-state index contributed by atoms with van der Waals surface area (Å²) < 4.78 is 15.8. The molecular formula is C21H24N2O7. The highest BCUT2D eigenvalue weighted by Gasteiger charge is 2.19. The van der Waals surface area contributed by atoms with Crippen molar-refractivity contribution >= 4 is 23.3 Å². The number of nitro groups is 1. The Hall–Kier alpha value is -3.62. The van der Waals surface area contributed by atoms with Crippen molar-refractivity contribution in [3.8, 4) is 11.5 Å². The van der Waals surface area contributed by atoms with Crippen LogP contribution in [0.15, 0.2) is 42.5 Å². The number of anilines is 1. The van der Waals surface area contributed by atoms with Gasteiger partial charge in [0.15, 0.2) is 6.10 Å². The van der Waals surface area contributed by atoms with Crippen LogP contribution >= 0.6 is 0 Å². The van der Waals surface area contributed by atoms with E-state index in [4.69, 9.17) is 14.2 Å². The lowest BCUT2D eigenvalue weighted by Gasteiger charge is -2.16. The third-order valence-corrected chi connectivity index (χ3v) is 4.16. The van der Waals surface area contributed by atoms with Gasteiger partial charge in [-0.3, -0.25) is 14.9 Å². The number of hydrogen-bond donors (Lipinski definition) is 1. The van der Waals surface area contributed by atoms with Gasteiger partial charge in [-0.15, -0.1) is 0 Å². The van der Waals surface area contributed by atoms with E-state index in [1.165, 1.54) is 25.3 Å². The standard InChI is InChI=1S/C21H24N2O7/c1-4-5-12-29-21(25)15-6-9-17(10-7-15)30-14(2)20(24)22-18-11-8-16(23(26)27)13-19(18)28-3/h6-11,13-14H,4-5,12H2,1-3H3,(H,22,24)/t14-/m1/s1. The van der Waals surface area contributed by atoms with Crippen LogP contribution in [0.1, 0.15) is 37.0 Å². The highest BCUT2D eigenvalue weighted by molar-refractivity contribution is 5.95. The Morgan fingerprint density at radius 1 is 1.17 bits per heavy atom. The average molecular weight is 416 g/mol. The molecule has 0 aromatic heterocycles. The van der Waals surface area contributed by atoms with E-state index in [-0.39, 0.29) is 17.1 Å². The predicted molar refractivity (Wildman–Crippen MR) is 110 cm³/mol. The number of hydrogen-bond acceptors (Lipinski definition) is 7. The summed E-state index contributed by atoms with van der Waals surface area (Å²) in [5.74, 6) is -0.314. The summed E-state index contributed by atoms with van der Waals surface area (Å²) in [6, 6.07) is 10.2. The molecule has 0 aliphatic rings. The minimum Gasteiger partial charge on any atom is -0.494 e. The largest absolute Gasteiger partial charge is 0.494 e. The normalized spacial score (nSPS) is 11.3. The minimum absolute atomic E-state index is 0.151. The van der Waals surface area contributed by atoms with Gasteiger partial charge in [-0.1, -0.05) is 13.3 Å². The third kappa shape index (κ3) is 6.20. The molecule has 0 bridgehead atoms. The molecule has 2 aromatic rings. The summed E-state index contributed by atoms with van der Waals surface area (Å²) in [5, 5.41) is 13.5. The van der Waals surface area contributed by atoms with Crippen LogP contribution in [-0.4, -0.2) is 36.6 Å². The number of ether oxygens (including phenoxy) is 3. The number of nitrogens with zero attached hydrogens (tertiary/aromatic N) is 1. The summed E-state index contributed by atoms with van der Waals surface area (Å²) >= 11 is 0. The van der Waals surface area contributed by atoms with Crippen molar-refractivity contribution in [1.82, 2.24) is 0 Å². The summed E-state index contributed by atoms with van der Waals surface area (Å²) in [6.07, 6.45) is 0.873. The predicted octanol–water partition coefficient (Wildman–Crippen LogP) is 3.97. The number of benzene rings is 2. The molecule has 9 heteroatoms. The van der Waals surface area contributed by atoms with Crippen LogP contribution in [0.3, 0.4) is 0 Å². The molecule has 0 unspecified atom stereocenters. The van der Waals surface area contributed by atoms with Crippen LogP contribution in [0.25, 0.3) is 0 Å². The van der Waals surface area contributed by atoms with Gasteiger partial charge in [0.2, 0.25) is 0 Å². The highest BCUT2D eigenvalue weighted by atomic mass is 16.6. The first-order valence-electron chi connectivity index (χ1n) is 9.42. The summed E-state index contributed by atoms with van der Waals surface area (Å²) in [7, 11) is 1.35. The SMILES string of the molecule is CCCCOC(=O)c1ccc(O[C@H](C)C(=O)Nc2ccc([N+](=O)[O-])cc2OC)cc1. The Kier molecular flexibility index (Phi) is 8.16. The van der Waals surface area contributed by atoms with Gasteiger partial charge in [0.1, 0.15) is 11.5 Å². The molecular weight excluding hydrogens is 392 g/mol. The van der Waals surface area contributed by atoms with Crippen LogP contribution < -0.4 is 14.8 Å². The molecule has 0 aliphatic heterocycles. The summed E-state index contributed by atoms with van der Waals surface area (Å²) in [4.78, 5) is 34.6. The monoisotopic (exact) mass is 416 g/mol. The molecule has 160 valence electrons. The highest BCUT2D eigenvalue weighted by Crippen LogP contribution is 2.29. The molecule has 0 radical (unpaired) electrons. The number of amides is 1. The molecule has 9 nitrogen and oxygen atoms in total. The zero-order chi connectivity index (χ0) is 22.1. The fourth-order valence-electron chi connectivity index (χ4n) is 2.45. The third-order valence-electron chi connectivity index (χ3n) is 4.16. The van der Waals surface area contributed by atoms with E-state index in [0.29, 0.717) is 17.9 Å². The number of non-ortho nitro benzene ring substituents is 1. The first-order chi connectivity index (χ1) is 14.3. The first kappa shape index (κ1) is 22.7. The Morgan fingerprint density at radius 2 is 1.87 bits per heavy atom. The smallest absolute Gasteiger partial charge is 0.338 e. The fraction of sp³-hybridized carbons (Fsp3) is 0.333. The average Bonchev–Trinajstić information content (AvgIpc) is 2.74. The van der Waals surface area contributed by atoms with Crippen molar-refractivity contribution in [3.05, 3.63) is 58.1 Å². The minimum atomic E-state index is -0.868. The Bertz CT molecular complexity index is 897. The second kappa shape index (κ2) is 10.8. The molecule has 0 heterocycles. The molecule has 30 heavy (non-hydrogen) atoms. The van der Waals surface area contributed by atoms with E-state index in [1.54, 1.807) is 31.2 Å². The maximum absolute atomic E-state index is 12.4. The fourth-order valence-corrected chi connectivity index (χ4v) is 2.45. The number of rotatable bonds is 10. The lowest BCUT2D eigenvalue weighted by Crippen LogP contribution is -2.30. The van der Waals surface area contributed by atoms with Crippen LogP contribution in [0.4, 0.5) is 11.4 Å². The van der Waals surface area contributed by atoms with Crippen molar-refractivity contribution in [1.29, 1.82) is 0 Å². The number of carbonyl (C=O) groups excluding carboxylic acids is 2. The number of nitrogens with one attached hydrogen (secondary N) is 1. The lowest BCUT2D eigenvalue weighted by atomic mass is 10.2. The quantitative estimate of drug-likeness (QED) is 0.269. The second-order valence-corrected chi connectivity index (χ2v) is 6.40. The maximum atomic E-state index is 12.4. The van der Waals surface area contributed by atoms with Gasteiger partial charge in [0, 0.05) is 6.07 Å².